The molecular weight excluding hydrogens is 252 g/mol. The van der Waals surface area contributed by atoms with E-state index in [1.54, 1.807) is 6.20 Å². The predicted octanol–water partition coefficient (Wildman–Crippen LogP) is 1.98. The van der Waals surface area contributed by atoms with Gasteiger partial charge in [-0.1, -0.05) is 12.1 Å². The van der Waals surface area contributed by atoms with Crippen molar-refractivity contribution in [3.63, 3.8) is 0 Å². The van der Waals surface area contributed by atoms with Crippen molar-refractivity contribution in [3.8, 4) is 0 Å². The Balaban J connectivity index is 2.19. The van der Waals surface area contributed by atoms with Gasteiger partial charge < -0.3 is 14.8 Å². The van der Waals surface area contributed by atoms with Crippen molar-refractivity contribution < 1.29 is 4.79 Å². The minimum Gasteiger partial charge on any atom is -0.377 e. The van der Waals surface area contributed by atoms with Gasteiger partial charge in [-0.05, 0) is 19.1 Å². The van der Waals surface area contributed by atoms with E-state index in [-0.39, 0.29) is 11.9 Å². The van der Waals surface area contributed by atoms with E-state index in [4.69, 9.17) is 0 Å². The van der Waals surface area contributed by atoms with Gasteiger partial charge in [-0.25, -0.2) is 4.98 Å². The molecule has 0 saturated heterocycles. The number of carbonyl (C=O) groups excluding carboxylic acids is 1. The fourth-order valence-corrected chi connectivity index (χ4v) is 2.19. The molecule has 1 N–H and O–H groups in total. The van der Waals surface area contributed by atoms with Gasteiger partial charge in [0, 0.05) is 39.2 Å². The largest absolute Gasteiger partial charge is 0.377 e. The summed E-state index contributed by atoms with van der Waals surface area (Å²) >= 11 is 0. The van der Waals surface area contributed by atoms with Gasteiger partial charge in [0.05, 0.1) is 11.6 Å². The fourth-order valence-electron chi connectivity index (χ4n) is 2.19. The van der Waals surface area contributed by atoms with Crippen molar-refractivity contribution in [2.24, 2.45) is 7.05 Å². The SMILES string of the molecule is CC(NC(=O)c1ccccc1N(C)C)c1nccn1C. The Kier molecular flexibility index (Phi) is 4.08. The lowest BCUT2D eigenvalue weighted by atomic mass is 10.1. The first kappa shape index (κ1) is 14.1. The normalized spacial score (nSPS) is 12.0. The zero-order valence-corrected chi connectivity index (χ0v) is 12.3. The molecular formula is C15H20N4O. The summed E-state index contributed by atoms with van der Waals surface area (Å²) in [5.41, 5.74) is 1.57. The first-order valence-electron chi connectivity index (χ1n) is 6.55. The maximum Gasteiger partial charge on any atom is 0.253 e. The second-order valence-electron chi connectivity index (χ2n) is 5.00. The molecule has 1 atom stereocenters. The molecule has 0 aliphatic heterocycles. The van der Waals surface area contributed by atoms with Crippen LogP contribution in [0, 0.1) is 0 Å². The summed E-state index contributed by atoms with van der Waals surface area (Å²) in [5.74, 6) is 0.741. The maximum atomic E-state index is 12.4. The van der Waals surface area contributed by atoms with Crippen molar-refractivity contribution in [2.75, 3.05) is 19.0 Å². The minimum atomic E-state index is -0.141. The Bertz CT molecular complexity index is 603. The van der Waals surface area contributed by atoms with Crippen LogP contribution in [0.2, 0.25) is 0 Å². The molecule has 1 aromatic heterocycles. The number of hydrogen-bond acceptors (Lipinski definition) is 3. The van der Waals surface area contributed by atoms with E-state index in [2.05, 4.69) is 10.3 Å². The van der Waals surface area contributed by atoms with Gasteiger partial charge in [-0.3, -0.25) is 4.79 Å². The van der Waals surface area contributed by atoms with Crippen LogP contribution in [0.15, 0.2) is 36.7 Å². The van der Waals surface area contributed by atoms with Crippen LogP contribution in [0.4, 0.5) is 5.69 Å². The monoisotopic (exact) mass is 272 g/mol. The van der Waals surface area contributed by atoms with E-state index < -0.39 is 0 Å². The molecule has 5 heteroatoms. The van der Waals surface area contributed by atoms with Gasteiger partial charge >= 0.3 is 0 Å². The van der Waals surface area contributed by atoms with Crippen molar-refractivity contribution in [1.29, 1.82) is 0 Å². The second-order valence-corrected chi connectivity index (χ2v) is 5.00. The molecule has 106 valence electrons. The average molecular weight is 272 g/mol. The highest BCUT2D eigenvalue weighted by molar-refractivity contribution is 5.99. The van der Waals surface area contributed by atoms with Crippen LogP contribution < -0.4 is 10.2 Å². The first-order valence-corrected chi connectivity index (χ1v) is 6.55. The zero-order chi connectivity index (χ0) is 14.7. The highest BCUT2D eigenvalue weighted by Crippen LogP contribution is 2.19. The van der Waals surface area contributed by atoms with Crippen LogP contribution in [-0.4, -0.2) is 29.6 Å². The fraction of sp³-hybridized carbons (Fsp3) is 0.333. The topological polar surface area (TPSA) is 50.2 Å². The van der Waals surface area contributed by atoms with Crippen molar-refractivity contribution in [2.45, 2.75) is 13.0 Å². The van der Waals surface area contributed by atoms with E-state index in [1.165, 1.54) is 0 Å². The molecule has 1 unspecified atom stereocenters. The number of nitrogens with zero attached hydrogens (tertiary/aromatic N) is 3. The molecule has 1 aromatic carbocycles. The van der Waals surface area contributed by atoms with Gasteiger partial charge in [-0.2, -0.15) is 0 Å². The summed E-state index contributed by atoms with van der Waals surface area (Å²) in [6.45, 7) is 1.93. The number of amides is 1. The maximum absolute atomic E-state index is 12.4. The van der Waals surface area contributed by atoms with Crippen LogP contribution in [-0.2, 0) is 7.05 Å². The zero-order valence-electron chi connectivity index (χ0n) is 12.3. The minimum absolute atomic E-state index is 0.0928. The highest BCUT2D eigenvalue weighted by Gasteiger charge is 2.17. The third-order valence-corrected chi connectivity index (χ3v) is 3.22. The molecule has 2 rings (SSSR count). The van der Waals surface area contributed by atoms with Gasteiger partial charge in [-0.15, -0.1) is 0 Å². The van der Waals surface area contributed by atoms with Crippen LogP contribution in [0.25, 0.3) is 0 Å². The number of aryl methyl sites for hydroxylation is 1. The number of para-hydroxylation sites is 1. The molecule has 1 amide bonds. The quantitative estimate of drug-likeness (QED) is 0.926. The van der Waals surface area contributed by atoms with Crippen molar-refractivity contribution >= 4 is 11.6 Å². The molecule has 1 heterocycles. The molecule has 0 bridgehead atoms. The van der Waals surface area contributed by atoms with E-state index in [1.807, 2.05) is 68.0 Å². The number of anilines is 1. The lowest BCUT2D eigenvalue weighted by Gasteiger charge is -2.19. The molecule has 0 fully saturated rings. The van der Waals surface area contributed by atoms with E-state index >= 15 is 0 Å². The Labute approximate surface area is 119 Å². The third kappa shape index (κ3) is 2.82. The molecule has 0 aliphatic carbocycles. The molecule has 5 nitrogen and oxygen atoms in total. The average Bonchev–Trinajstić information content (AvgIpc) is 2.85. The molecule has 20 heavy (non-hydrogen) atoms. The molecule has 2 aromatic rings. The first-order chi connectivity index (χ1) is 9.50. The van der Waals surface area contributed by atoms with E-state index in [9.17, 15) is 4.79 Å². The Morgan fingerprint density at radius 3 is 2.65 bits per heavy atom. The van der Waals surface area contributed by atoms with Gasteiger partial charge in [0.2, 0.25) is 0 Å². The van der Waals surface area contributed by atoms with Gasteiger partial charge in [0.25, 0.3) is 5.91 Å². The Hall–Kier alpha value is -2.30. The molecule has 0 aliphatic rings. The summed E-state index contributed by atoms with van der Waals surface area (Å²) in [5, 5.41) is 2.99. The number of aromatic nitrogens is 2. The summed E-state index contributed by atoms with van der Waals surface area (Å²) < 4.78 is 1.91. The number of hydrogen-bond donors (Lipinski definition) is 1. The molecule has 0 saturated carbocycles. The number of carbonyl (C=O) groups is 1. The van der Waals surface area contributed by atoms with Crippen LogP contribution in [0.3, 0.4) is 0 Å². The second kappa shape index (κ2) is 5.77. The molecule has 0 radical (unpaired) electrons. The lowest BCUT2D eigenvalue weighted by Crippen LogP contribution is -2.29. The third-order valence-electron chi connectivity index (χ3n) is 3.22. The van der Waals surface area contributed by atoms with Gasteiger partial charge in [0.15, 0.2) is 0 Å². The van der Waals surface area contributed by atoms with Crippen molar-refractivity contribution in [1.82, 2.24) is 14.9 Å². The van der Waals surface area contributed by atoms with Gasteiger partial charge in [0.1, 0.15) is 5.82 Å². The summed E-state index contributed by atoms with van der Waals surface area (Å²) in [7, 11) is 5.77. The summed E-state index contributed by atoms with van der Waals surface area (Å²) in [6, 6.07) is 7.41. The predicted molar refractivity (Wildman–Crippen MR) is 79.9 cm³/mol. The van der Waals surface area contributed by atoms with Crippen LogP contribution in [0.1, 0.15) is 29.1 Å². The van der Waals surface area contributed by atoms with E-state index in [0.29, 0.717) is 5.56 Å². The molecule has 0 spiro atoms. The smallest absolute Gasteiger partial charge is 0.253 e. The Morgan fingerprint density at radius 2 is 2.05 bits per heavy atom. The standard InChI is InChI=1S/C15H20N4O/c1-11(14-16-9-10-19(14)4)17-15(20)12-7-5-6-8-13(12)18(2)3/h5-11H,1-4H3,(H,17,20). The number of nitrogens with one attached hydrogen (secondary N) is 1. The summed E-state index contributed by atoms with van der Waals surface area (Å²) in [4.78, 5) is 18.6. The van der Waals surface area contributed by atoms with Crippen LogP contribution in [0.5, 0.6) is 0 Å². The van der Waals surface area contributed by atoms with Crippen molar-refractivity contribution in [3.05, 3.63) is 48.0 Å². The highest BCUT2D eigenvalue weighted by atomic mass is 16.1. The number of rotatable bonds is 4. The Morgan fingerprint density at radius 1 is 1.35 bits per heavy atom. The summed E-state index contributed by atoms with van der Waals surface area (Å²) in [6.07, 6.45) is 3.59. The lowest BCUT2D eigenvalue weighted by molar-refractivity contribution is 0.0938. The van der Waals surface area contributed by atoms with E-state index in [0.717, 1.165) is 11.5 Å². The number of benzene rings is 1. The number of imidazole rings is 1. The van der Waals surface area contributed by atoms with Crippen LogP contribution >= 0.6 is 0 Å².